The molecule has 3 heteroatoms. The van der Waals surface area contributed by atoms with Gasteiger partial charge < -0.3 is 21.9 Å². The van der Waals surface area contributed by atoms with E-state index in [1.54, 1.807) is 0 Å². The van der Waals surface area contributed by atoms with E-state index in [1.807, 2.05) is 0 Å². The number of unbranched alkanes of at least 4 members (excludes halogenated alkanes) is 30. The summed E-state index contributed by atoms with van der Waals surface area (Å²) in [5.74, 6) is 0. The largest absolute Gasteiger partial charge is 1.00 e. The summed E-state index contributed by atoms with van der Waals surface area (Å²) < 4.78 is 2.64. The van der Waals surface area contributed by atoms with Gasteiger partial charge in [0.1, 0.15) is 6.54 Å². The maximum absolute atomic E-state index is 2.64. The lowest BCUT2D eigenvalue weighted by Gasteiger charge is -2.27. The van der Waals surface area contributed by atoms with Crippen LogP contribution in [0.25, 0.3) is 0 Å². The van der Waals surface area contributed by atoms with Crippen molar-refractivity contribution in [1.82, 2.24) is 0 Å². The summed E-state index contributed by atoms with van der Waals surface area (Å²) in [6.45, 7) is 16.5. The number of para-hydroxylation sites is 2. The van der Waals surface area contributed by atoms with Crippen LogP contribution >= 0.6 is 0 Å². The van der Waals surface area contributed by atoms with Gasteiger partial charge in [0.25, 0.3) is 0 Å². The van der Waals surface area contributed by atoms with Crippen LogP contribution in [-0.2, 0) is 10.8 Å². The Kier molecular flexibility index (Phi) is 29.0. The first-order valence-corrected chi connectivity index (χ1v) is 27.5. The van der Waals surface area contributed by atoms with Crippen LogP contribution in [0, 0.1) is 0 Å². The summed E-state index contributed by atoms with van der Waals surface area (Å²) in [5, 5.41) is 0. The maximum Gasteiger partial charge on any atom is 0.209 e. The molecule has 2 aromatic carbocycles. The molecule has 2 aliphatic rings. The Morgan fingerprint density at radius 2 is 0.844 bits per heavy atom. The third kappa shape index (κ3) is 19.1. The van der Waals surface area contributed by atoms with Gasteiger partial charge in [0.05, 0.1) is 5.41 Å². The van der Waals surface area contributed by atoms with E-state index in [4.69, 9.17) is 0 Å². The van der Waals surface area contributed by atoms with Crippen LogP contribution in [0.2, 0.25) is 0 Å². The second-order valence-electron chi connectivity index (χ2n) is 20.9. The van der Waals surface area contributed by atoms with Crippen molar-refractivity contribution in [1.29, 1.82) is 0 Å². The molecule has 0 aliphatic carbocycles. The minimum atomic E-state index is -0.00666. The molecule has 64 heavy (non-hydrogen) atoms. The summed E-state index contributed by atoms with van der Waals surface area (Å²) in [5.41, 5.74) is 8.58. The fraction of sp³-hybridized carbons (Fsp3) is 0.689. The van der Waals surface area contributed by atoms with Crippen LogP contribution in [0.4, 0.5) is 11.4 Å². The van der Waals surface area contributed by atoms with Crippen molar-refractivity contribution in [3.8, 4) is 0 Å². The lowest BCUT2D eigenvalue weighted by molar-refractivity contribution is -0.438. The first kappa shape index (κ1) is 55.9. The lowest BCUT2D eigenvalue weighted by Crippen LogP contribution is -3.00. The average Bonchev–Trinajstić information content (AvgIpc) is 3.63. The molecule has 0 aromatic heterocycles. The van der Waals surface area contributed by atoms with Crippen LogP contribution in [0.5, 0.6) is 0 Å². The predicted octanol–water partition coefficient (Wildman–Crippen LogP) is 16.4. The Morgan fingerprint density at radius 1 is 0.438 bits per heavy atom. The Labute approximate surface area is 408 Å². The van der Waals surface area contributed by atoms with Crippen LogP contribution in [0.1, 0.15) is 258 Å². The van der Waals surface area contributed by atoms with Crippen molar-refractivity contribution < 1.29 is 21.6 Å². The maximum atomic E-state index is 2.64. The molecule has 0 saturated carbocycles. The summed E-state index contributed by atoms with van der Waals surface area (Å²) in [7, 11) is 0. The van der Waals surface area contributed by atoms with Crippen LogP contribution in [-0.4, -0.2) is 23.4 Å². The van der Waals surface area contributed by atoms with Gasteiger partial charge in [-0.15, -0.1) is 0 Å². The van der Waals surface area contributed by atoms with Gasteiger partial charge in [0.2, 0.25) is 5.69 Å². The van der Waals surface area contributed by atoms with Crippen molar-refractivity contribution in [2.45, 2.75) is 258 Å². The monoisotopic (exact) mass is 939 g/mol. The van der Waals surface area contributed by atoms with Gasteiger partial charge >= 0.3 is 0 Å². The van der Waals surface area contributed by atoms with E-state index in [-0.39, 0.29) is 27.8 Å². The van der Waals surface area contributed by atoms with Gasteiger partial charge in [-0.05, 0) is 44.4 Å². The van der Waals surface area contributed by atoms with Crippen molar-refractivity contribution in [2.24, 2.45) is 0 Å². The fourth-order valence-electron chi connectivity index (χ4n) is 10.8. The Morgan fingerprint density at radius 3 is 1.33 bits per heavy atom. The van der Waals surface area contributed by atoms with Gasteiger partial charge in [-0.25, -0.2) is 0 Å². The number of benzene rings is 2. The molecule has 0 fully saturated rings. The highest BCUT2D eigenvalue weighted by Crippen LogP contribution is 2.47. The second-order valence-corrected chi connectivity index (χ2v) is 20.9. The number of halogens is 1. The van der Waals surface area contributed by atoms with E-state index in [9.17, 15) is 0 Å². The van der Waals surface area contributed by atoms with Crippen molar-refractivity contribution in [2.75, 3.05) is 18.0 Å². The first-order valence-electron chi connectivity index (χ1n) is 27.5. The Bertz CT molecular complexity index is 1640. The van der Waals surface area contributed by atoms with Gasteiger partial charge in [0, 0.05) is 47.5 Å². The molecular weight excluding hydrogens is 841 g/mol. The number of hydrogen-bond acceptors (Lipinski definition) is 1. The number of anilines is 1. The Balaban J connectivity index is 0.0000109. The second kappa shape index (κ2) is 33.1. The lowest BCUT2D eigenvalue weighted by atomic mass is 9.81. The molecule has 2 aliphatic heterocycles. The molecule has 4 rings (SSSR count). The highest BCUT2D eigenvalue weighted by atomic mass is 79.9. The molecule has 0 atom stereocenters. The molecule has 2 heterocycles. The molecular formula is C61H99BrN2. The van der Waals surface area contributed by atoms with Crippen molar-refractivity contribution in [3.63, 3.8) is 0 Å². The minimum Gasteiger partial charge on any atom is -1.00 e. The standard InChI is InChI=1S/C61H99N2.BrH/c1-7-9-11-13-15-17-19-21-23-25-27-29-31-33-35-44-52-62-56-48-42-40-46-54(56)60(3,4)58(62)50-38-37-39-51-59-61(5,6)55-47-41-43-49-57(55)63(59)53-45-36-34-32-30-28-26-24-22-20-18-16-14-12-10-8-2;/h37-43,46-51H,7-36,44-45,52-53H2,1-6H3;1H/q+1;/p-1. The fourth-order valence-corrected chi connectivity index (χ4v) is 10.8. The third-order valence-corrected chi connectivity index (χ3v) is 14.8. The SMILES string of the molecule is CCCCCCCCCCCCCCCCCCN1C(=CC=CC=CC2=[N+](CCCCCCCCCCCCCCCCCC)c3ccccc3C2(C)C)C(C)(C)c2ccccc21.[Br-]. The van der Waals surface area contributed by atoms with E-state index < -0.39 is 0 Å². The molecule has 0 bridgehead atoms. The van der Waals surface area contributed by atoms with Gasteiger partial charge in [-0.1, -0.05) is 269 Å². The number of allylic oxidation sites excluding steroid dienone is 6. The number of hydrogen-bond donors (Lipinski definition) is 0. The molecule has 360 valence electrons. The normalized spacial score (nSPS) is 15.8. The van der Waals surface area contributed by atoms with E-state index in [2.05, 4.69) is 130 Å². The summed E-state index contributed by atoms with van der Waals surface area (Å²) in [6, 6.07) is 18.3. The smallest absolute Gasteiger partial charge is 0.209 e. The topological polar surface area (TPSA) is 6.25 Å². The molecule has 0 radical (unpaired) electrons. The molecule has 0 amide bonds. The zero-order valence-corrected chi connectivity index (χ0v) is 44.4. The van der Waals surface area contributed by atoms with E-state index in [0.717, 1.165) is 13.1 Å². The summed E-state index contributed by atoms with van der Waals surface area (Å²) in [4.78, 5) is 2.64. The predicted molar refractivity (Wildman–Crippen MR) is 282 cm³/mol. The highest BCUT2D eigenvalue weighted by molar-refractivity contribution is 6.03. The van der Waals surface area contributed by atoms with E-state index in [0.29, 0.717) is 0 Å². The third-order valence-electron chi connectivity index (χ3n) is 14.8. The number of fused-ring (bicyclic) bond motifs is 2. The molecule has 0 N–H and O–H groups in total. The van der Waals surface area contributed by atoms with Crippen molar-refractivity contribution in [3.05, 3.63) is 95.7 Å². The Hall–Kier alpha value is -2.39. The van der Waals surface area contributed by atoms with E-state index >= 15 is 0 Å². The zero-order valence-electron chi connectivity index (χ0n) is 42.8. The molecule has 0 saturated heterocycles. The summed E-state index contributed by atoms with van der Waals surface area (Å²) in [6.07, 6.45) is 56.9. The van der Waals surface area contributed by atoms with Crippen LogP contribution in [0.15, 0.2) is 84.6 Å². The highest BCUT2D eigenvalue weighted by Gasteiger charge is 2.44. The van der Waals surface area contributed by atoms with Gasteiger partial charge in [0.15, 0.2) is 5.71 Å². The first-order chi connectivity index (χ1) is 30.8. The zero-order chi connectivity index (χ0) is 44.9. The molecule has 0 spiro atoms. The number of rotatable bonds is 37. The molecule has 0 unspecified atom stereocenters. The van der Waals surface area contributed by atoms with Crippen molar-refractivity contribution >= 4 is 17.1 Å². The number of nitrogens with zero attached hydrogens (tertiary/aromatic N) is 2. The quantitative estimate of drug-likeness (QED) is 0.0372. The molecule has 2 nitrogen and oxygen atoms in total. The molecule has 2 aromatic rings. The minimum absolute atomic E-state index is 0. The van der Waals surface area contributed by atoms with Crippen LogP contribution in [0.3, 0.4) is 0 Å². The van der Waals surface area contributed by atoms with Gasteiger partial charge in [-0.2, -0.15) is 4.58 Å². The van der Waals surface area contributed by atoms with E-state index in [1.165, 1.54) is 239 Å². The van der Waals surface area contributed by atoms with Crippen LogP contribution < -0.4 is 21.9 Å². The van der Waals surface area contributed by atoms with Gasteiger partial charge in [-0.3, -0.25) is 0 Å². The summed E-state index contributed by atoms with van der Waals surface area (Å²) >= 11 is 0. The average molecular weight is 940 g/mol.